The Hall–Kier alpha value is -3.39. The molecule has 26 heavy (non-hydrogen) atoms. The molecule has 132 valence electrons. The third-order valence-corrected chi connectivity index (χ3v) is 3.89. The standard InChI is InChI=1S/C21H21FN4/c1-4-5-18(14-6-7-16(12-23)19(22)11-14)21(26-3)15-8-9-20(24)17(10-15)13-25-2/h4-11,13,24-26H,1-3H3/b5-4+,17-13-,21-18+,24-20?. The number of halogens is 1. The smallest absolute Gasteiger partial charge is 0.141 e. The van der Waals surface area contributed by atoms with Gasteiger partial charge in [-0.05, 0) is 42.3 Å². The summed E-state index contributed by atoms with van der Waals surface area (Å²) in [5, 5.41) is 23.1. The number of nitrogens with zero attached hydrogens (tertiary/aromatic N) is 1. The average molecular weight is 348 g/mol. The Morgan fingerprint density at radius 2 is 2.04 bits per heavy atom. The second-order valence-electron chi connectivity index (χ2n) is 5.58. The number of nitriles is 1. The van der Waals surface area contributed by atoms with E-state index in [1.165, 1.54) is 12.1 Å². The molecule has 1 aliphatic rings. The van der Waals surface area contributed by atoms with Gasteiger partial charge in [0.25, 0.3) is 0 Å². The fourth-order valence-corrected chi connectivity index (χ4v) is 2.69. The summed E-state index contributed by atoms with van der Waals surface area (Å²) in [6.45, 7) is 1.89. The highest BCUT2D eigenvalue weighted by Gasteiger charge is 2.15. The van der Waals surface area contributed by atoms with Gasteiger partial charge in [0.1, 0.15) is 11.9 Å². The Labute approximate surface area is 153 Å². The summed E-state index contributed by atoms with van der Waals surface area (Å²) < 4.78 is 14.1. The number of allylic oxidation sites excluding steroid dienone is 7. The third-order valence-electron chi connectivity index (χ3n) is 3.89. The van der Waals surface area contributed by atoms with Gasteiger partial charge in [-0.1, -0.05) is 24.3 Å². The number of likely N-dealkylation sites (N-methyl/N-ethyl adjacent to an activating group) is 1. The molecule has 2 rings (SSSR count). The zero-order chi connectivity index (χ0) is 19.1. The maximum Gasteiger partial charge on any atom is 0.141 e. The Morgan fingerprint density at radius 3 is 2.62 bits per heavy atom. The lowest BCUT2D eigenvalue weighted by Crippen LogP contribution is -2.14. The van der Waals surface area contributed by atoms with Crippen LogP contribution in [0, 0.1) is 22.6 Å². The van der Waals surface area contributed by atoms with Crippen molar-refractivity contribution in [2.45, 2.75) is 6.92 Å². The minimum absolute atomic E-state index is 0.0176. The topological polar surface area (TPSA) is 71.7 Å². The zero-order valence-corrected chi connectivity index (χ0v) is 15.0. The molecule has 0 aromatic heterocycles. The number of nitrogens with one attached hydrogen (secondary N) is 3. The molecule has 4 nitrogen and oxygen atoms in total. The van der Waals surface area contributed by atoms with Gasteiger partial charge in [-0.3, -0.25) is 0 Å². The van der Waals surface area contributed by atoms with Crippen LogP contribution in [0.5, 0.6) is 0 Å². The van der Waals surface area contributed by atoms with Gasteiger partial charge >= 0.3 is 0 Å². The second-order valence-corrected chi connectivity index (χ2v) is 5.58. The van der Waals surface area contributed by atoms with E-state index < -0.39 is 5.82 Å². The second kappa shape index (κ2) is 8.63. The largest absolute Gasteiger partial charge is 0.393 e. The summed E-state index contributed by atoms with van der Waals surface area (Å²) in [4.78, 5) is 0. The van der Waals surface area contributed by atoms with Crippen LogP contribution in [0.4, 0.5) is 4.39 Å². The molecule has 1 aromatic rings. The maximum atomic E-state index is 14.1. The van der Waals surface area contributed by atoms with Gasteiger partial charge in [0.05, 0.1) is 11.3 Å². The van der Waals surface area contributed by atoms with E-state index in [0.717, 1.165) is 22.4 Å². The molecule has 0 aliphatic heterocycles. The summed E-state index contributed by atoms with van der Waals surface area (Å²) in [7, 11) is 3.58. The molecule has 0 saturated heterocycles. The first kappa shape index (κ1) is 18.9. The van der Waals surface area contributed by atoms with Crippen LogP contribution in [0.25, 0.3) is 5.57 Å². The van der Waals surface area contributed by atoms with Gasteiger partial charge in [0.15, 0.2) is 0 Å². The van der Waals surface area contributed by atoms with Crippen molar-refractivity contribution in [3.63, 3.8) is 0 Å². The molecule has 3 N–H and O–H groups in total. The fourth-order valence-electron chi connectivity index (χ4n) is 2.69. The minimum Gasteiger partial charge on any atom is -0.393 e. The van der Waals surface area contributed by atoms with Crippen LogP contribution in [0.15, 0.2) is 71.6 Å². The van der Waals surface area contributed by atoms with Crippen LogP contribution in [0.2, 0.25) is 0 Å². The van der Waals surface area contributed by atoms with Crippen molar-refractivity contribution >= 4 is 11.3 Å². The SMILES string of the molecule is C/C=C/C(=C(\NC)C1=C/C(=C/NC)C(=N)C=C1)c1ccc(C#N)c(F)c1. The molecule has 0 bridgehead atoms. The van der Waals surface area contributed by atoms with E-state index in [2.05, 4.69) is 10.6 Å². The predicted octanol–water partition coefficient (Wildman–Crippen LogP) is 3.82. The highest BCUT2D eigenvalue weighted by Crippen LogP contribution is 2.28. The molecule has 0 amide bonds. The van der Waals surface area contributed by atoms with Crippen molar-refractivity contribution in [2.75, 3.05) is 14.1 Å². The zero-order valence-electron chi connectivity index (χ0n) is 15.0. The monoisotopic (exact) mass is 348 g/mol. The molecule has 0 atom stereocenters. The van der Waals surface area contributed by atoms with Crippen molar-refractivity contribution in [3.05, 3.63) is 88.6 Å². The quantitative estimate of drug-likeness (QED) is 0.708. The van der Waals surface area contributed by atoms with Crippen molar-refractivity contribution < 1.29 is 4.39 Å². The van der Waals surface area contributed by atoms with E-state index in [4.69, 9.17) is 10.7 Å². The Kier molecular flexibility index (Phi) is 6.29. The van der Waals surface area contributed by atoms with Crippen molar-refractivity contribution in [2.24, 2.45) is 0 Å². The summed E-state index contributed by atoms with van der Waals surface area (Å²) in [5.74, 6) is -0.548. The summed E-state index contributed by atoms with van der Waals surface area (Å²) in [6, 6.07) is 6.42. The average Bonchev–Trinajstić information content (AvgIpc) is 2.64. The van der Waals surface area contributed by atoms with Gasteiger partial charge in [-0.2, -0.15) is 5.26 Å². The summed E-state index contributed by atoms with van der Waals surface area (Å²) >= 11 is 0. The van der Waals surface area contributed by atoms with Crippen molar-refractivity contribution in [1.82, 2.24) is 10.6 Å². The first-order valence-corrected chi connectivity index (χ1v) is 8.17. The number of benzene rings is 1. The molecule has 0 heterocycles. The molecular weight excluding hydrogens is 327 g/mol. The number of hydrogen-bond donors (Lipinski definition) is 3. The molecule has 0 saturated carbocycles. The lowest BCUT2D eigenvalue weighted by atomic mass is 9.93. The van der Waals surface area contributed by atoms with E-state index >= 15 is 0 Å². The lowest BCUT2D eigenvalue weighted by molar-refractivity contribution is 0.623. The Bertz CT molecular complexity index is 908. The minimum atomic E-state index is -0.548. The van der Waals surface area contributed by atoms with Crippen LogP contribution < -0.4 is 10.6 Å². The fraction of sp³-hybridized carbons (Fsp3) is 0.143. The summed E-state index contributed by atoms with van der Waals surface area (Å²) in [5.41, 5.74) is 4.33. The van der Waals surface area contributed by atoms with Gasteiger partial charge in [0, 0.05) is 37.1 Å². The van der Waals surface area contributed by atoms with E-state index in [0.29, 0.717) is 11.3 Å². The van der Waals surface area contributed by atoms with Gasteiger partial charge in [-0.15, -0.1) is 0 Å². The van der Waals surface area contributed by atoms with E-state index in [9.17, 15) is 4.39 Å². The molecule has 1 aromatic carbocycles. The van der Waals surface area contributed by atoms with Gasteiger partial charge in [-0.25, -0.2) is 4.39 Å². The Balaban J connectivity index is 2.65. The van der Waals surface area contributed by atoms with Gasteiger partial charge < -0.3 is 16.0 Å². The first-order valence-electron chi connectivity index (χ1n) is 8.17. The van der Waals surface area contributed by atoms with Crippen molar-refractivity contribution in [1.29, 1.82) is 10.7 Å². The maximum absolute atomic E-state index is 14.1. The van der Waals surface area contributed by atoms with Crippen molar-refractivity contribution in [3.8, 4) is 6.07 Å². The molecular formula is C21H21FN4. The molecule has 5 heteroatoms. The molecule has 0 unspecified atom stereocenters. The molecule has 0 radical (unpaired) electrons. The summed E-state index contributed by atoms with van der Waals surface area (Å²) in [6.07, 6.45) is 11.0. The normalized spacial score (nSPS) is 16.3. The molecule has 0 fully saturated rings. The number of hydrogen-bond acceptors (Lipinski definition) is 4. The van der Waals surface area contributed by atoms with E-state index in [-0.39, 0.29) is 5.56 Å². The lowest BCUT2D eigenvalue weighted by Gasteiger charge is -2.18. The van der Waals surface area contributed by atoms with Crippen LogP contribution in [0.3, 0.4) is 0 Å². The van der Waals surface area contributed by atoms with Crippen LogP contribution in [-0.2, 0) is 0 Å². The van der Waals surface area contributed by atoms with Crippen LogP contribution in [0.1, 0.15) is 18.1 Å². The van der Waals surface area contributed by atoms with Gasteiger partial charge in [0.2, 0.25) is 0 Å². The van der Waals surface area contributed by atoms with Crippen LogP contribution >= 0.6 is 0 Å². The van der Waals surface area contributed by atoms with E-state index in [1.807, 2.05) is 37.3 Å². The highest BCUT2D eigenvalue weighted by molar-refractivity contribution is 6.10. The predicted molar refractivity (Wildman–Crippen MR) is 104 cm³/mol. The highest BCUT2D eigenvalue weighted by atomic mass is 19.1. The first-order chi connectivity index (χ1) is 12.5. The van der Waals surface area contributed by atoms with E-state index in [1.54, 1.807) is 32.4 Å². The number of rotatable bonds is 5. The molecule has 0 spiro atoms. The Morgan fingerprint density at radius 1 is 1.27 bits per heavy atom. The molecule has 1 aliphatic carbocycles. The van der Waals surface area contributed by atoms with Crippen LogP contribution in [-0.4, -0.2) is 19.8 Å². The third kappa shape index (κ3) is 3.98.